The zero-order valence-corrected chi connectivity index (χ0v) is 5.39. The minimum Gasteiger partial charge on any atom is -0.509 e. The number of aliphatic hydroxyl groups is 1. The first-order valence-corrected chi connectivity index (χ1v) is 2.86. The van der Waals surface area contributed by atoms with E-state index in [4.69, 9.17) is 22.4 Å². The van der Waals surface area contributed by atoms with E-state index in [1.807, 2.05) is 0 Å². The van der Waals surface area contributed by atoms with Crippen molar-refractivity contribution in [2.75, 3.05) is 0 Å². The number of allylic oxidation sites excluding steroid dienone is 2. The van der Waals surface area contributed by atoms with Gasteiger partial charge in [0.1, 0.15) is 11.9 Å². The highest BCUT2D eigenvalue weighted by molar-refractivity contribution is 6.31. The second kappa shape index (κ2) is 2.29. The van der Waals surface area contributed by atoms with Crippen LogP contribution in [0.25, 0.3) is 0 Å². The van der Waals surface area contributed by atoms with Gasteiger partial charge in [0.25, 0.3) is 0 Å². The summed E-state index contributed by atoms with van der Waals surface area (Å²) in [5.74, 6) is 0.0579. The number of hydrogen-bond acceptors (Lipinski definition) is 3. The number of hydrogen-bond donors (Lipinski definition) is 3. The van der Waals surface area contributed by atoms with E-state index >= 15 is 0 Å². The summed E-state index contributed by atoms with van der Waals surface area (Å²) in [6.07, 6.45) is 2.43. The molecule has 1 aliphatic rings. The second-order valence-corrected chi connectivity index (χ2v) is 2.18. The molecule has 50 valence electrons. The van der Waals surface area contributed by atoms with Gasteiger partial charge in [-0.25, -0.2) is 0 Å². The smallest absolute Gasteiger partial charge is 0.133 e. The zero-order chi connectivity index (χ0) is 6.85. The Morgan fingerprint density at radius 1 is 1.78 bits per heavy atom. The topological polar surface area (TPSA) is 58.3 Å². The first-order chi connectivity index (χ1) is 4.20. The van der Waals surface area contributed by atoms with Crippen molar-refractivity contribution in [3.8, 4) is 0 Å². The van der Waals surface area contributed by atoms with E-state index < -0.39 is 6.17 Å². The summed E-state index contributed by atoms with van der Waals surface area (Å²) in [5, 5.41) is 12.0. The molecule has 4 N–H and O–H groups in total. The molecular weight excluding hydrogens is 140 g/mol. The lowest BCUT2D eigenvalue weighted by molar-refractivity contribution is 0.352. The predicted octanol–water partition coefficient (Wildman–Crippen LogP) is 0.397. The molecule has 1 unspecified atom stereocenters. The Bertz CT molecular complexity index is 176. The Morgan fingerprint density at radius 3 is 2.89 bits per heavy atom. The van der Waals surface area contributed by atoms with Crippen molar-refractivity contribution >= 4 is 11.6 Å². The van der Waals surface area contributed by atoms with Gasteiger partial charge in [0.15, 0.2) is 0 Å². The highest BCUT2D eigenvalue weighted by Crippen LogP contribution is 2.09. The Labute approximate surface area is 57.8 Å². The van der Waals surface area contributed by atoms with E-state index in [1.165, 1.54) is 12.3 Å². The maximum atomic E-state index is 8.90. The summed E-state index contributed by atoms with van der Waals surface area (Å²) >= 11 is 5.48. The van der Waals surface area contributed by atoms with E-state index in [2.05, 4.69) is 5.32 Å². The molecular formula is C5H7ClN2O. The van der Waals surface area contributed by atoms with E-state index in [0.29, 0.717) is 5.03 Å². The van der Waals surface area contributed by atoms with Crippen LogP contribution in [0.2, 0.25) is 0 Å². The molecule has 0 saturated heterocycles. The lowest BCUT2D eigenvalue weighted by Gasteiger charge is -2.14. The molecule has 3 nitrogen and oxygen atoms in total. The standard InChI is InChI=1S/C5H7ClN2O/c6-3-1-4(9)5(7)8-2-3/h1-2,5,8-9H,7H2. The molecule has 1 aliphatic heterocycles. The van der Waals surface area contributed by atoms with Gasteiger partial charge in [0.2, 0.25) is 0 Å². The molecule has 1 heterocycles. The van der Waals surface area contributed by atoms with Crippen LogP contribution >= 0.6 is 11.6 Å². The fourth-order valence-electron chi connectivity index (χ4n) is 0.527. The van der Waals surface area contributed by atoms with Gasteiger partial charge >= 0.3 is 0 Å². The number of nitrogens with two attached hydrogens (primary N) is 1. The third-order valence-corrected chi connectivity index (χ3v) is 1.22. The summed E-state index contributed by atoms with van der Waals surface area (Å²) < 4.78 is 0. The van der Waals surface area contributed by atoms with Gasteiger partial charge in [-0.05, 0) is 6.08 Å². The predicted molar refractivity (Wildman–Crippen MR) is 35.8 cm³/mol. The first kappa shape index (κ1) is 6.45. The van der Waals surface area contributed by atoms with Crippen molar-refractivity contribution in [1.29, 1.82) is 0 Å². The molecule has 0 spiro atoms. The fraction of sp³-hybridized carbons (Fsp3) is 0.200. The Morgan fingerprint density at radius 2 is 2.44 bits per heavy atom. The van der Waals surface area contributed by atoms with Crippen molar-refractivity contribution in [2.45, 2.75) is 6.17 Å². The van der Waals surface area contributed by atoms with Gasteiger partial charge < -0.3 is 16.2 Å². The van der Waals surface area contributed by atoms with Crippen molar-refractivity contribution in [2.24, 2.45) is 5.73 Å². The molecule has 0 radical (unpaired) electrons. The van der Waals surface area contributed by atoms with Crippen LogP contribution in [0.5, 0.6) is 0 Å². The largest absolute Gasteiger partial charge is 0.509 e. The molecule has 4 heteroatoms. The van der Waals surface area contributed by atoms with E-state index in [1.54, 1.807) is 0 Å². The molecule has 0 bridgehead atoms. The van der Waals surface area contributed by atoms with E-state index in [9.17, 15) is 0 Å². The first-order valence-electron chi connectivity index (χ1n) is 2.48. The van der Waals surface area contributed by atoms with Crippen LogP contribution in [0.1, 0.15) is 0 Å². The van der Waals surface area contributed by atoms with Crippen molar-refractivity contribution in [3.63, 3.8) is 0 Å². The van der Waals surface area contributed by atoms with Gasteiger partial charge in [0, 0.05) is 6.20 Å². The van der Waals surface area contributed by atoms with Crippen LogP contribution < -0.4 is 11.1 Å². The molecule has 0 saturated carbocycles. The van der Waals surface area contributed by atoms with Crippen LogP contribution in [-0.4, -0.2) is 11.3 Å². The summed E-state index contributed by atoms with van der Waals surface area (Å²) in [6, 6.07) is 0. The summed E-state index contributed by atoms with van der Waals surface area (Å²) in [4.78, 5) is 0. The monoisotopic (exact) mass is 146 g/mol. The molecule has 1 rings (SSSR count). The normalized spacial score (nSPS) is 26.2. The summed E-state index contributed by atoms with van der Waals surface area (Å²) in [7, 11) is 0. The highest BCUT2D eigenvalue weighted by atomic mass is 35.5. The van der Waals surface area contributed by atoms with Crippen LogP contribution in [0, 0.1) is 0 Å². The van der Waals surface area contributed by atoms with Crippen molar-refractivity contribution in [3.05, 3.63) is 23.1 Å². The Balaban J connectivity index is 2.74. The average molecular weight is 147 g/mol. The minimum absolute atomic E-state index is 0.0579. The lowest BCUT2D eigenvalue weighted by atomic mass is 10.3. The van der Waals surface area contributed by atoms with Gasteiger partial charge in [-0.15, -0.1) is 0 Å². The summed E-state index contributed by atoms with van der Waals surface area (Å²) in [5.41, 5.74) is 5.31. The van der Waals surface area contributed by atoms with E-state index in [-0.39, 0.29) is 5.76 Å². The molecule has 1 atom stereocenters. The van der Waals surface area contributed by atoms with E-state index in [0.717, 1.165) is 0 Å². The number of nitrogens with one attached hydrogen (secondary N) is 1. The average Bonchev–Trinajstić information content (AvgIpc) is 1.80. The molecule has 0 aliphatic carbocycles. The maximum Gasteiger partial charge on any atom is 0.133 e. The molecule has 0 amide bonds. The minimum atomic E-state index is -0.507. The SMILES string of the molecule is NC1NC=C(Cl)C=C1O. The molecule has 9 heavy (non-hydrogen) atoms. The quantitative estimate of drug-likeness (QED) is 0.464. The number of halogens is 1. The van der Waals surface area contributed by atoms with Crippen LogP contribution in [0.3, 0.4) is 0 Å². The highest BCUT2D eigenvalue weighted by Gasteiger charge is 2.09. The molecule has 0 aromatic heterocycles. The van der Waals surface area contributed by atoms with Crippen LogP contribution in [0.4, 0.5) is 0 Å². The molecule has 0 fully saturated rings. The molecule has 0 aromatic carbocycles. The zero-order valence-electron chi connectivity index (χ0n) is 4.63. The lowest BCUT2D eigenvalue weighted by Crippen LogP contribution is -2.37. The Hall–Kier alpha value is -0.670. The van der Waals surface area contributed by atoms with Crippen LogP contribution in [-0.2, 0) is 0 Å². The molecule has 0 aromatic rings. The third-order valence-electron chi connectivity index (χ3n) is 1.01. The number of aliphatic hydroxyl groups excluding tert-OH is 1. The second-order valence-electron chi connectivity index (χ2n) is 1.74. The van der Waals surface area contributed by atoms with Crippen molar-refractivity contribution < 1.29 is 5.11 Å². The Kier molecular flexibility index (Phi) is 1.64. The van der Waals surface area contributed by atoms with Gasteiger partial charge in [-0.3, -0.25) is 0 Å². The summed E-state index contributed by atoms with van der Waals surface area (Å²) in [6.45, 7) is 0. The number of rotatable bonds is 0. The van der Waals surface area contributed by atoms with Gasteiger partial charge in [-0.1, -0.05) is 11.6 Å². The number of dihydropyridines is 1. The third kappa shape index (κ3) is 1.37. The fourth-order valence-corrected chi connectivity index (χ4v) is 0.702. The maximum absolute atomic E-state index is 8.90. The van der Waals surface area contributed by atoms with Gasteiger partial charge in [0.05, 0.1) is 5.03 Å². The van der Waals surface area contributed by atoms with Crippen LogP contribution in [0.15, 0.2) is 23.1 Å². The van der Waals surface area contributed by atoms with Crippen molar-refractivity contribution in [1.82, 2.24) is 5.32 Å². The van der Waals surface area contributed by atoms with Gasteiger partial charge in [-0.2, -0.15) is 0 Å².